The van der Waals surface area contributed by atoms with E-state index in [9.17, 15) is 19.0 Å². The summed E-state index contributed by atoms with van der Waals surface area (Å²) in [7, 11) is 1.48. The molecule has 2 unspecified atom stereocenters. The number of nitrogens with zero attached hydrogens (tertiary/aromatic N) is 1. The zero-order chi connectivity index (χ0) is 32.2. The van der Waals surface area contributed by atoms with Crippen molar-refractivity contribution in [1.29, 1.82) is 0 Å². The van der Waals surface area contributed by atoms with E-state index in [1.165, 1.54) is 77.0 Å². The Kier molecular flexibility index (Phi) is 26.7. The molecule has 256 valence electrons. The number of esters is 2. The Balaban J connectivity index is 4.42. The minimum absolute atomic E-state index is 0.0357. The third kappa shape index (κ3) is 30.8. The summed E-state index contributed by atoms with van der Waals surface area (Å²) in [6, 6.07) is 0. The lowest BCUT2D eigenvalue weighted by Gasteiger charge is -2.24. The van der Waals surface area contributed by atoms with Gasteiger partial charge in [-0.25, -0.2) is 4.57 Å². The third-order valence-electron chi connectivity index (χ3n) is 7.39. The Bertz CT molecular complexity index is 728. The second-order valence-corrected chi connectivity index (χ2v) is 14.4. The number of rotatable bonds is 31. The minimum atomic E-state index is -4.35. The summed E-state index contributed by atoms with van der Waals surface area (Å²) >= 11 is 0. The maximum Gasteiger partial charge on any atom is 0.472 e. The first-order valence-electron chi connectivity index (χ1n) is 17.3. The quantitative estimate of drug-likeness (QED) is 0.0349. The zero-order valence-electron chi connectivity index (χ0n) is 28.5. The molecule has 0 saturated heterocycles. The van der Waals surface area contributed by atoms with Gasteiger partial charge in [-0.1, -0.05) is 123 Å². The van der Waals surface area contributed by atoms with Crippen molar-refractivity contribution in [2.75, 3.05) is 47.5 Å². The molecule has 0 aromatic heterocycles. The van der Waals surface area contributed by atoms with Gasteiger partial charge < -0.3 is 18.9 Å². The number of likely N-dealkylation sites (N-methyl/N-ethyl adjacent to an activating group) is 1. The minimum Gasteiger partial charge on any atom is -0.462 e. The van der Waals surface area contributed by atoms with Gasteiger partial charge in [0.25, 0.3) is 0 Å². The number of quaternary nitrogens is 1. The van der Waals surface area contributed by atoms with Crippen molar-refractivity contribution in [3.05, 3.63) is 0 Å². The third-order valence-corrected chi connectivity index (χ3v) is 8.37. The number of hydrogen-bond acceptors (Lipinski definition) is 7. The van der Waals surface area contributed by atoms with Gasteiger partial charge in [0.1, 0.15) is 19.8 Å². The fourth-order valence-corrected chi connectivity index (χ4v) is 5.34. The number of unbranched alkanes of at least 4 members (excludes halogenated alkanes) is 17. The van der Waals surface area contributed by atoms with E-state index in [2.05, 4.69) is 13.8 Å². The first-order chi connectivity index (χ1) is 20.5. The van der Waals surface area contributed by atoms with Crippen LogP contribution in [0.15, 0.2) is 0 Å². The average Bonchev–Trinajstić information content (AvgIpc) is 2.93. The first kappa shape index (κ1) is 42.0. The molecule has 0 saturated carbocycles. The fourth-order valence-electron chi connectivity index (χ4n) is 4.60. The summed E-state index contributed by atoms with van der Waals surface area (Å²) < 4.78 is 33.9. The van der Waals surface area contributed by atoms with Crippen molar-refractivity contribution in [3.63, 3.8) is 0 Å². The highest BCUT2D eigenvalue weighted by molar-refractivity contribution is 7.47. The Hall–Kier alpha value is -0.990. The summed E-state index contributed by atoms with van der Waals surface area (Å²) in [6.45, 7) is 4.34. The Morgan fingerprint density at radius 3 is 1.49 bits per heavy atom. The van der Waals surface area contributed by atoms with E-state index in [4.69, 9.17) is 18.5 Å². The molecular formula is C33H67NO8P+. The second kappa shape index (κ2) is 27.3. The van der Waals surface area contributed by atoms with Gasteiger partial charge in [0.2, 0.25) is 0 Å². The van der Waals surface area contributed by atoms with E-state index in [1.807, 2.05) is 21.1 Å². The highest BCUT2D eigenvalue weighted by Crippen LogP contribution is 2.43. The van der Waals surface area contributed by atoms with Crippen LogP contribution in [0, 0.1) is 0 Å². The summed E-state index contributed by atoms with van der Waals surface area (Å²) in [5, 5.41) is 0. The molecule has 0 aliphatic carbocycles. The van der Waals surface area contributed by atoms with Crippen molar-refractivity contribution >= 4 is 19.8 Å². The van der Waals surface area contributed by atoms with Crippen LogP contribution in [-0.4, -0.2) is 74.9 Å². The Labute approximate surface area is 264 Å². The lowest BCUT2D eigenvalue weighted by molar-refractivity contribution is -0.870. The molecule has 1 N–H and O–H groups in total. The highest BCUT2D eigenvalue weighted by atomic mass is 31.2. The standard InChI is InChI=1S/C33H66NO8P/c1-6-8-10-12-14-15-16-17-18-19-20-22-24-26-33(36)42-31(29-39-32(35)25-23-21-13-11-9-7-2)30-41-43(37,38)40-28-27-34(3,4)5/h31H,6-30H2,1-5H3/p+1. The SMILES string of the molecule is CCCCCCCCCCCCCCCC(=O)OC(COC(=O)CCCCCCCC)COP(=O)(O)OCC[N+](C)(C)C. The molecule has 0 aromatic carbocycles. The lowest BCUT2D eigenvalue weighted by atomic mass is 10.0. The van der Waals surface area contributed by atoms with Crippen molar-refractivity contribution in [3.8, 4) is 0 Å². The molecule has 0 bridgehead atoms. The molecule has 0 heterocycles. The second-order valence-electron chi connectivity index (χ2n) is 12.9. The van der Waals surface area contributed by atoms with Gasteiger partial charge in [-0.2, -0.15) is 0 Å². The van der Waals surface area contributed by atoms with Crippen molar-refractivity contribution in [1.82, 2.24) is 0 Å². The van der Waals surface area contributed by atoms with Gasteiger partial charge in [-0.3, -0.25) is 18.6 Å². The summed E-state index contributed by atoms with van der Waals surface area (Å²) in [4.78, 5) is 34.8. The van der Waals surface area contributed by atoms with E-state index in [-0.39, 0.29) is 25.6 Å². The molecule has 2 atom stereocenters. The molecule has 0 rings (SSSR count). The number of carbonyl (C=O) groups excluding carboxylic acids is 2. The molecule has 0 radical (unpaired) electrons. The van der Waals surface area contributed by atoms with Crippen LogP contribution in [0.4, 0.5) is 0 Å². The topological polar surface area (TPSA) is 108 Å². The van der Waals surface area contributed by atoms with Crippen LogP contribution in [-0.2, 0) is 32.7 Å². The number of phosphoric acid groups is 1. The molecule has 0 aromatic rings. The van der Waals surface area contributed by atoms with Gasteiger partial charge in [0.15, 0.2) is 6.10 Å². The van der Waals surface area contributed by atoms with Crippen LogP contribution in [0.1, 0.15) is 149 Å². The van der Waals surface area contributed by atoms with E-state index in [1.54, 1.807) is 0 Å². The fraction of sp³-hybridized carbons (Fsp3) is 0.939. The van der Waals surface area contributed by atoms with Crippen LogP contribution in [0.3, 0.4) is 0 Å². The number of ether oxygens (including phenoxy) is 2. The molecule has 9 nitrogen and oxygen atoms in total. The molecule has 0 amide bonds. The van der Waals surface area contributed by atoms with Gasteiger partial charge in [-0.05, 0) is 12.8 Å². The van der Waals surface area contributed by atoms with Crippen molar-refractivity contribution in [2.45, 2.75) is 155 Å². The number of phosphoric ester groups is 1. The molecule has 0 fully saturated rings. The smallest absolute Gasteiger partial charge is 0.462 e. The zero-order valence-corrected chi connectivity index (χ0v) is 29.3. The summed E-state index contributed by atoms with van der Waals surface area (Å²) in [6.07, 6.45) is 21.7. The number of hydrogen-bond donors (Lipinski definition) is 1. The van der Waals surface area contributed by atoms with E-state index < -0.39 is 26.5 Å². The van der Waals surface area contributed by atoms with Crippen LogP contribution >= 0.6 is 7.82 Å². The average molecular weight is 637 g/mol. The molecule has 10 heteroatoms. The normalized spacial score (nSPS) is 13.9. The Morgan fingerprint density at radius 1 is 0.628 bits per heavy atom. The van der Waals surface area contributed by atoms with E-state index >= 15 is 0 Å². The predicted molar refractivity (Wildman–Crippen MR) is 174 cm³/mol. The molecular weight excluding hydrogens is 569 g/mol. The largest absolute Gasteiger partial charge is 0.472 e. The first-order valence-corrected chi connectivity index (χ1v) is 18.8. The van der Waals surface area contributed by atoms with Crippen molar-refractivity contribution in [2.24, 2.45) is 0 Å². The van der Waals surface area contributed by atoms with Crippen LogP contribution in [0.2, 0.25) is 0 Å². The molecule has 0 aliphatic rings. The summed E-state index contributed by atoms with van der Waals surface area (Å²) in [5.74, 6) is -0.804. The van der Waals surface area contributed by atoms with Crippen LogP contribution < -0.4 is 0 Å². The van der Waals surface area contributed by atoms with Gasteiger partial charge in [0, 0.05) is 12.8 Å². The molecule has 0 spiro atoms. The lowest BCUT2D eigenvalue weighted by Crippen LogP contribution is -2.37. The monoisotopic (exact) mass is 636 g/mol. The van der Waals surface area contributed by atoms with Gasteiger partial charge in [0.05, 0.1) is 27.7 Å². The maximum atomic E-state index is 12.5. The molecule has 0 aliphatic heterocycles. The summed E-state index contributed by atoms with van der Waals surface area (Å²) in [5.41, 5.74) is 0. The van der Waals surface area contributed by atoms with Crippen molar-refractivity contribution < 1.29 is 42.1 Å². The van der Waals surface area contributed by atoms with Crippen LogP contribution in [0.25, 0.3) is 0 Å². The van der Waals surface area contributed by atoms with Gasteiger partial charge in [-0.15, -0.1) is 0 Å². The van der Waals surface area contributed by atoms with Crippen LogP contribution in [0.5, 0.6) is 0 Å². The van der Waals surface area contributed by atoms with E-state index in [0.29, 0.717) is 23.9 Å². The van der Waals surface area contributed by atoms with Gasteiger partial charge >= 0.3 is 19.8 Å². The number of carbonyl (C=O) groups is 2. The Morgan fingerprint density at radius 2 is 1.05 bits per heavy atom. The molecule has 43 heavy (non-hydrogen) atoms. The highest BCUT2D eigenvalue weighted by Gasteiger charge is 2.27. The predicted octanol–water partition coefficient (Wildman–Crippen LogP) is 8.51. The van der Waals surface area contributed by atoms with E-state index in [0.717, 1.165) is 38.5 Å². The maximum absolute atomic E-state index is 12.5.